The summed E-state index contributed by atoms with van der Waals surface area (Å²) in [5, 5.41) is 14.1. The second kappa shape index (κ2) is 10.0. The van der Waals surface area contributed by atoms with Gasteiger partial charge < -0.3 is 20.5 Å². The fraction of sp³-hybridized carbons (Fsp3) is 0.818. The lowest BCUT2D eigenvalue weighted by Crippen LogP contribution is -2.46. The van der Waals surface area contributed by atoms with Crippen LogP contribution in [0.4, 0.5) is 0 Å². The summed E-state index contributed by atoms with van der Waals surface area (Å²) in [7, 11) is 0. The summed E-state index contributed by atoms with van der Waals surface area (Å²) in [6, 6.07) is -0.871. The van der Waals surface area contributed by atoms with Gasteiger partial charge in [0.25, 0.3) is 0 Å². The van der Waals surface area contributed by atoms with Crippen LogP contribution < -0.4 is 10.6 Å². The van der Waals surface area contributed by atoms with Crippen molar-refractivity contribution in [3.63, 3.8) is 0 Å². The Morgan fingerprint density at radius 3 is 2.59 bits per heavy atom. The molecule has 6 nitrogen and oxygen atoms in total. The number of rotatable bonds is 10. The zero-order valence-corrected chi connectivity index (χ0v) is 10.5. The third-order valence-electron chi connectivity index (χ3n) is 2.01. The SMILES string of the molecule is CCCOCCCNCC(NC(C)=O)C(=O)O. The van der Waals surface area contributed by atoms with Crippen LogP contribution in [0.5, 0.6) is 0 Å². The first kappa shape index (κ1) is 15.9. The molecule has 17 heavy (non-hydrogen) atoms. The van der Waals surface area contributed by atoms with Crippen LogP contribution in [-0.2, 0) is 14.3 Å². The lowest BCUT2D eigenvalue weighted by molar-refractivity contribution is -0.141. The summed E-state index contributed by atoms with van der Waals surface area (Å²) in [5.74, 6) is -1.37. The Morgan fingerprint density at radius 1 is 1.35 bits per heavy atom. The van der Waals surface area contributed by atoms with Crippen LogP contribution in [0.3, 0.4) is 0 Å². The molecule has 0 saturated heterocycles. The Hall–Kier alpha value is -1.14. The quantitative estimate of drug-likeness (QED) is 0.472. The normalized spacial score (nSPS) is 12.1. The third kappa shape index (κ3) is 9.77. The number of carboxylic acid groups (broad SMARTS) is 1. The standard InChI is InChI=1S/C11H22N2O4/c1-3-6-17-7-4-5-12-8-10(11(15)16)13-9(2)14/h10,12H,3-8H2,1-2H3,(H,13,14)(H,15,16). The van der Waals surface area contributed by atoms with E-state index in [0.717, 1.165) is 19.4 Å². The van der Waals surface area contributed by atoms with Gasteiger partial charge in [0, 0.05) is 26.7 Å². The molecule has 0 spiro atoms. The number of carboxylic acids is 1. The highest BCUT2D eigenvalue weighted by Gasteiger charge is 2.17. The molecule has 0 aromatic heterocycles. The van der Waals surface area contributed by atoms with Gasteiger partial charge in [-0.15, -0.1) is 0 Å². The van der Waals surface area contributed by atoms with Crippen LogP contribution in [0.1, 0.15) is 26.7 Å². The summed E-state index contributed by atoms with van der Waals surface area (Å²) in [6.45, 7) is 5.66. The van der Waals surface area contributed by atoms with Gasteiger partial charge in [-0.05, 0) is 19.4 Å². The lowest BCUT2D eigenvalue weighted by atomic mass is 10.3. The highest BCUT2D eigenvalue weighted by Crippen LogP contribution is 1.86. The molecule has 0 aliphatic rings. The van der Waals surface area contributed by atoms with Gasteiger partial charge in [-0.1, -0.05) is 6.92 Å². The van der Waals surface area contributed by atoms with Crippen molar-refractivity contribution in [2.24, 2.45) is 0 Å². The van der Waals surface area contributed by atoms with Crippen LogP contribution >= 0.6 is 0 Å². The summed E-state index contributed by atoms with van der Waals surface area (Å²) in [4.78, 5) is 21.5. The van der Waals surface area contributed by atoms with Gasteiger partial charge in [0.15, 0.2) is 0 Å². The molecule has 100 valence electrons. The van der Waals surface area contributed by atoms with Crippen molar-refractivity contribution < 1.29 is 19.4 Å². The van der Waals surface area contributed by atoms with Crippen molar-refractivity contribution in [1.82, 2.24) is 10.6 Å². The molecular weight excluding hydrogens is 224 g/mol. The van der Waals surface area contributed by atoms with Crippen molar-refractivity contribution in [3.8, 4) is 0 Å². The van der Waals surface area contributed by atoms with Gasteiger partial charge in [-0.3, -0.25) is 4.79 Å². The zero-order valence-electron chi connectivity index (χ0n) is 10.5. The molecule has 0 heterocycles. The van der Waals surface area contributed by atoms with E-state index in [0.29, 0.717) is 13.2 Å². The number of carbonyl (C=O) groups excluding carboxylic acids is 1. The molecule has 0 bridgehead atoms. The minimum atomic E-state index is -1.03. The smallest absolute Gasteiger partial charge is 0.327 e. The second-order valence-corrected chi connectivity index (χ2v) is 3.76. The largest absolute Gasteiger partial charge is 0.480 e. The van der Waals surface area contributed by atoms with E-state index in [9.17, 15) is 9.59 Å². The molecule has 0 rings (SSSR count). The number of ether oxygens (including phenoxy) is 1. The molecule has 3 N–H and O–H groups in total. The first-order valence-corrected chi connectivity index (χ1v) is 5.86. The number of aliphatic carboxylic acids is 1. The molecule has 0 aliphatic carbocycles. The number of hydrogen-bond donors (Lipinski definition) is 3. The van der Waals surface area contributed by atoms with Crippen molar-refractivity contribution >= 4 is 11.9 Å². The average molecular weight is 246 g/mol. The fourth-order valence-corrected chi connectivity index (χ4v) is 1.24. The first-order valence-electron chi connectivity index (χ1n) is 5.86. The minimum absolute atomic E-state index is 0.225. The molecular formula is C11H22N2O4. The van der Waals surface area contributed by atoms with E-state index in [1.807, 2.05) is 6.92 Å². The van der Waals surface area contributed by atoms with Crippen LogP contribution in [0, 0.1) is 0 Å². The molecule has 1 unspecified atom stereocenters. The van der Waals surface area contributed by atoms with E-state index in [1.54, 1.807) is 0 Å². The molecule has 1 amide bonds. The first-order chi connectivity index (χ1) is 8.07. The van der Waals surface area contributed by atoms with E-state index >= 15 is 0 Å². The van der Waals surface area contributed by atoms with Crippen LogP contribution in [0.15, 0.2) is 0 Å². The molecule has 0 aliphatic heterocycles. The van der Waals surface area contributed by atoms with E-state index in [1.165, 1.54) is 6.92 Å². The third-order valence-corrected chi connectivity index (χ3v) is 2.01. The molecule has 6 heteroatoms. The van der Waals surface area contributed by atoms with Crippen molar-refractivity contribution in [3.05, 3.63) is 0 Å². The van der Waals surface area contributed by atoms with Crippen molar-refractivity contribution in [2.75, 3.05) is 26.3 Å². The van der Waals surface area contributed by atoms with E-state index in [-0.39, 0.29) is 12.5 Å². The van der Waals surface area contributed by atoms with Gasteiger partial charge in [0.2, 0.25) is 5.91 Å². The molecule has 0 saturated carbocycles. The Morgan fingerprint density at radius 2 is 2.06 bits per heavy atom. The van der Waals surface area contributed by atoms with Gasteiger partial charge in [0.05, 0.1) is 0 Å². The molecule has 0 radical (unpaired) electrons. The molecule has 0 fully saturated rings. The Balaban J connectivity index is 3.55. The second-order valence-electron chi connectivity index (χ2n) is 3.76. The predicted octanol–water partition coefficient (Wildman–Crippen LogP) is -0.0180. The van der Waals surface area contributed by atoms with Crippen molar-refractivity contribution in [2.45, 2.75) is 32.7 Å². The Kier molecular flexibility index (Phi) is 9.37. The van der Waals surface area contributed by atoms with Gasteiger partial charge >= 0.3 is 5.97 Å². The summed E-state index contributed by atoms with van der Waals surface area (Å²) < 4.78 is 5.28. The maximum Gasteiger partial charge on any atom is 0.327 e. The maximum atomic E-state index is 10.8. The predicted molar refractivity (Wildman–Crippen MR) is 63.8 cm³/mol. The van der Waals surface area contributed by atoms with Gasteiger partial charge in [-0.25, -0.2) is 4.79 Å². The minimum Gasteiger partial charge on any atom is -0.480 e. The molecule has 1 atom stereocenters. The monoisotopic (exact) mass is 246 g/mol. The number of amides is 1. The van der Waals surface area contributed by atoms with E-state index in [2.05, 4.69) is 10.6 Å². The van der Waals surface area contributed by atoms with E-state index in [4.69, 9.17) is 9.84 Å². The van der Waals surface area contributed by atoms with Gasteiger partial charge in [0.1, 0.15) is 6.04 Å². The highest BCUT2D eigenvalue weighted by molar-refractivity contribution is 5.82. The topological polar surface area (TPSA) is 87.7 Å². The maximum absolute atomic E-state index is 10.8. The van der Waals surface area contributed by atoms with Crippen molar-refractivity contribution in [1.29, 1.82) is 0 Å². The van der Waals surface area contributed by atoms with Crippen LogP contribution in [0.25, 0.3) is 0 Å². The average Bonchev–Trinajstić information content (AvgIpc) is 2.25. The van der Waals surface area contributed by atoms with E-state index < -0.39 is 12.0 Å². The number of nitrogens with one attached hydrogen (secondary N) is 2. The fourth-order valence-electron chi connectivity index (χ4n) is 1.24. The Bertz CT molecular complexity index is 234. The number of carbonyl (C=O) groups is 2. The molecule has 0 aromatic rings. The van der Waals surface area contributed by atoms with Crippen LogP contribution in [-0.4, -0.2) is 49.3 Å². The van der Waals surface area contributed by atoms with Gasteiger partial charge in [-0.2, -0.15) is 0 Å². The lowest BCUT2D eigenvalue weighted by Gasteiger charge is -2.13. The number of hydrogen-bond acceptors (Lipinski definition) is 4. The molecule has 0 aromatic carbocycles. The highest BCUT2D eigenvalue weighted by atomic mass is 16.5. The van der Waals surface area contributed by atoms with Crippen LogP contribution in [0.2, 0.25) is 0 Å². The zero-order chi connectivity index (χ0) is 13.1. The Labute approximate surface area is 102 Å². The summed E-state index contributed by atoms with van der Waals surface area (Å²) >= 11 is 0. The summed E-state index contributed by atoms with van der Waals surface area (Å²) in [6.07, 6.45) is 1.82. The summed E-state index contributed by atoms with van der Waals surface area (Å²) in [5.41, 5.74) is 0.